The highest BCUT2D eigenvalue weighted by Gasteiger charge is 2.38. The number of rotatable bonds is 6. The molecule has 1 saturated heterocycles. The summed E-state index contributed by atoms with van der Waals surface area (Å²) in [5, 5.41) is 5.85. The number of sulfonamides is 1. The van der Waals surface area contributed by atoms with Crippen molar-refractivity contribution in [1.29, 1.82) is 0 Å². The summed E-state index contributed by atoms with van der Waals surface area (Å²) in [7, 11) is -2.17. The van der Waals surface area contributed by atoms with Crippen molar-refractivity contribution in [3.8, 4) is 5.75 Å². The van der Waals surface area contributed by atoms with Crippen LogP contribution in [0, 0.1) is 0 Å². The number of hydrogen-bond donors (Lipinski definition) is 1. The zero-order valence-electron chi connectivity index (χ0n) is 18.1. The molecule has 11 heteroatoms. The molecule has 0 aromatic heterocycles. The minimum atomic E-state index is -3.68. The Morgan fingerprint density at radius 3 is 2.21 bits per heavy atom. The van der Waals surface area contributed by atoms with E-state index >= 15 is 0 Å². The van der Waals surface area contributed by atoms with Gasteiger partial charge in [0.1, 0.15) is 17.5 Å². The second-order valence-corrected chi connectivity index (χ2v) is 9.66. The zero-order valence-corrected chi connectivity index (χ0v) is 18.9. The van der Waals surface area contributed by atoms with Crippen molar-refractivity contribution in [2.24, 2.45) is 10.8 Å². The number of nitrogens with zero attached hydrogens (tertiary/aromatic N) is 4. The third-order valence-electron chi connectivity index (χ3n) is 5.73. The molecule has 2 aliphatic rings. The Morgan fingerprint density at radius 1 is 1.00 bits per heavy atom. The van der Waals surface area contributed by atoms with Gasteiger partial charge in [0.05, 0.1) is 17.7 Å². The minimum absolute atomic E-state index is 0.105. The number of amides is 2. The van der Waals surface area contributed by atoms with Gasteiger partial charge in [-0.15, -0.1) is 0 Å². The van der Waals surface area contributed by atoms with Crippen LogP contribution in [0.5, 0.6) is 5.75 Å². The SMILES string of the molecule is COc1ccc(S(=O)(=O)N2CCN(C(=O)C3=NN(c4ccccc4)C(C(N)=O)C3)CC2)cc1. The molecule has 4 rings (SSSR count). The number of anilines is 1. The Bertz CT molecular complexity index is 1160. The molecule has 10 nitrogen and oxygen atoms in total. The molecular formula is C22H25N5O5S. The Labute approximate surface area is 192 Å². The van der Waals surface area contributed by atoms with Crippen molar-refractivity contribution >= 4 is 33.2 Å². The average molecular weight is 472 g/mol. The zero-order chi connectivity index (χ0) is 23.6. The second-order valence-electron chi connectivity index (χ2n) is 7.72. The Morgan fingerprint density at radius 2 is 1.64 bits per heavy atom. The van der Waals surface area contributed by atoms with Crippen molar-refractivity contribution in [3.63, 3.8) is 0 Å². The van der Waals surface area contributed by atoms with Crippen molar-refractivity contribution in [3.05, 3.63) is 54.6 Å². The molecule has 2 heterocycles. The Hall–Kier alpha value is -3.44. The van der Waals surface area contributed by atoms with Crippen LogP contribution in [0.4, 0.5) is 5.69 Å². The molecule has 2 aromatic carbocycles. The largest absolute Gasteiger partial charge is 0.497 e. The summed E-state index contributed by atoms with van der Waals surface area (Å²) in [6.07, 6.45) is 0.105. The smallest absolute Gasteiger partial charge is 0.270 e. The molecule has 2 aliphatic heterocycles. The van der Waals surface area contributed by atoms with Gasteiger partial charge in [0.15, 0.2) is 0 Å². The standard InChI is InChI=1S/C22H25N5O5S/c1-32-17-7-9-18(10-8-17)33(30,31)26-13-11-25(12-14-26)22(29)19-15-20(21(23)28)27(24-19)16-5-3-2-4-6-16/h2-10,20H,11-15H2,1H3,(H2,23,28). The van der Waals surface area contributed by atoms with E-state index in [9.17, 15) is 18.0 Å². The van der Waals surface area contributed by atoms with Crippen LogP contribution in [-0.4, -0.2) is 74.5 Å². The molecule has 0 spiro atoms. The lowest BCUT2D eigenvalue weighted by atomic mass is 10.1. The maximum Gasteiger partial charge on any atom is 0.270 e. The molecule has 33 heavy (non-hydrogen) atoms. The highest BCUT2D eigenvalue weighted by Crippen LogP contribution is 2.26. The van der Waals surface area contributed by atoms with Crippen LogP contribution in [-0.2, 0) is 19.6 Å². The van der Waals surface area contributed by atoms with Crippen LogP contribution in [0.1, 0.15) is 6.42 Å². The van der Waals surface area contributed by atoms with Crippen LogP contribution in [0.25, 0.3) is 0 Å². The van der Waals surface area contributed by atoms with Crippen LogP contribution in [0.2, 0.25) is 0 Å². The van der Waals surface area contributed by atoms with E-state index in [4.69, 9.17) is 10.5 Å². The lowest BCUT2D eigenvalue weighted by Gasteiger charge is -2.33. The molecule has 1 atom stereocenters. The number of para-hydroxylation sites is 1. The molecule has 0 aliphatic carbocycles. The number of hydrazone groups is 1. The lowest BCUT2D eigenvalue weighted by Crippen LogP contribution is -2.52. The molecule has 1 unspecified atom stereocenters. The van der Waals surface area contributed by atoms with Gasteiger partial charge in [0.2, 0.25) is 15.9 Å². The number of carbonyl (C=O) groups is 2. The van der Waals surface area contributed by atoms with Crippen molar-refractivity contribution in [2.45, 2.75) is 17.4 Å². The molecule has 1 fully saturated rings. The second kappa shape index (κ2) is 9.20. The monoisotopic (exact) mass is 471 g/mol. The highest BCUT2D eigenvalue weighted by atomic mass is 32.2. The summed E-state index contributed by atoms with van der Waals surface area (Å²) in [6, 6.07) is 14.5. The van der Waals surface area contributed by atoms with Crippen LogP contribution < -0.4 is 15.5 Å². The molecule has 174 valence electrons. The first kappa shape index (κ1) is 22.7. The van der Waals surface area contributed by atoms with E-state index in [-0.39, 0.29) is 49.1 Å². The lowest BCUT2D eigenvalue weighted by molar-refractivity contribution is -0.125. The van der Waals surface area contributed by atoms with Crippen LogP contribution in [0.15, 0.2) is 64.6 Å². The van der Waals surface area contributed by atoms with Gasteiger partial charge < -0.3 is 15.4 Å². The van der Waals surface area contributed by atoms with Crippen molar-refractivity contribution in [1.82, 2.24) is 9.21 Å². The third kappa shape index (κ3) is 4.55. The first-order chi connectivity index (χ1) is 15.8. The predicted molar refractivity (Wildman–Crippen MR) is 122 cm³/mol. The molecular weight excluding hydrogens is 446 g/mol. The fourth-order valence-corrected chi connectivity index (χ4v) is 5.31. The summed E-state index contributed by atoms with van der Waals surface area (Å²) < 4.78 is 32.3. The number of primary amides is 1. The Balaban J connectivity index is 1.44. The molecule has 2 aromatic rings. The number of methoxy groups -OCH3 is 1. The fraction of sp³-hybridized carbons (Fsp3) is 0.318. The summed E-state index contributed by atoms with van der Waals surface area (Å²) in [6.45, 7) is 0.768. The number of piperazine rings is 1. The van der Waals surface area contributed by atoms with Crippen LogP contribution in [0.3, 0.4) is 0 Å². The number of ether oxygens (including phenoxy) is 1. The molecule has 0 bridgehead atoms. The van der Waals surface area contributed by atoms with E-state index in [0.717, 1.165) is 0 Å². The van der Waals surface area contributed by atoms with E-state index in [1.807, 2.05) is 18.2 Å². The van der Waals surface area contributed by atoms with E-state index in [0.29, 0.717) is 11.4 Å². The first-order valence-corrected chi connectivity index (χ1v) is 11.9. The third-order valence-corrected chi connectivity index (χ3v) is 7.64. The van der Waals surface area contributed by atoms with Gasteiger partial charge in [-0.2, -0.15) is 9.41 Å². The number of hydrogen-bond acceptors (Lipinski definition) is 7. The maximum absolute atomic E-state index is 13.1. The normalized spacial score (nSPS) is 19.3. The summed E-state index contributed by atoms with van der Waals surface area (Å²) in [5.74, 6) is -0.317. The number of nitrogens with two attached hydrogens (primary N) is 1. The summed E-state index contributed by atoms with van der Waals surface area (Å²) in [5.41, 5.74) is 6.44. The van der Waals surface area contributed by atoms with Gasteiger partial charge in [0, 0.05) is 32.6 Å². The minimum Gasteiger partial charge on any atom is -0.497 e. The van der Waals surface area contributed by atoms with E-state index in [1.54, 1.807) is 29.2 Å². The Kier molecular flexibility index (Phi) is 6.34. The quantitative estimate of drug-likeness (QED) is 0.659. The molecule has 2 amide bonds. The number of benzene rings is 2. The van der Waals surface area contributed by atoms with E-state index in [1.165, 1.54) is 28.6 Å². The maximum atomic E-state index is 13.1. The molecule has 0 saturated carbocycles. The summed E-state index contributed by atoms with van der Waals surface area (Å²) >= 11 is 0. The van der Waals surface area contributed by atoms with Gasteiger partial charge >= 0.3 is 0 Å². The summed E-state index contributed by atoms with van der Waals surface area (Å²) in [4.78, 5) is 26.8. The van der Waals surface area contributed by atoms with Gasteiger partial charge in [0.25, 0.3) is 5.91 Å². The van der Waals surface area contributed by atoms with Crippen LogP contribution >= 0.6 is 0 Å². The van der Waals surface area contributed by atoms with E-state index < -0.39 is 22.0 Å². The van der Waals surface area contributed by atoms with Gasteiger partial charge in [-0.3, -0.25) is 14.6 Å². The van der Waals surface area contributed by atoms with Gasteiger partial charge in [-0.05, 0) is 36.4 Å². The first-order valence-electron chi connectivity index (χ1n) is 10.5. The predicted octanol–water partition coefficient (Wildman–Crippen LogP) is 0.648. The highest BCUT2D eigenvalue weighted by molar-refractivity contribution is 7.89. The number of carbonyl (C=O) groups excluding carboxylic acids is 2. The average Bonchev–Trinajstić information content (AvgIpc) is 3.30. The van der Waals surface area contributed by atoms with Crippen molar-refractivity contribution < 1.29 is 22.7 Å². The van der Waals surface area contributed by atoms with E-state index in [2.05, 4.69) is 5.10 Å². The molecule has 2 N–H and O–H groups in total. The van der Waals surface area contributed by atoms with Crippen molar-refractivity contribution in [2.75, 3.05) is 38.3 Å². The fourth-order valence-electron chi connectivity index (χ4n) is 3.89. The molecule has 0 radical (unpaired) electrons. The topological polar surface area (TPSA) is 126 Å². The van der Waals surface area contributed by atoms with Gasteiger partial charge in [-0.1, -0.05) is 18.2 Å². The van der Waals surface area contributed by atoms with Gasteiger partial charge in [-0.25, -0.2) is 8.42 Å².